The van der Waals surface area contributed by atoms with Gasteiger partial charge in [-0.25, -0.2) is 9.78 Å². The predicted octanol–water partition coefficient (Wildman–Crippen LogP) is 2.53. The van der Waals surface area contributed by atoms with Crippen LogP contribution in [0.4, 0.5) is 5.13 Å². The molecule has 0 aliphatic carbocycles. The van der Waals surface area contributed by atoms with Crippen LogP contribution in [0.5, 0.6) is 0 Å². The molecule has 0 aliphatic heterocycles. The van der Waals surface area contributed by atoms with Gasteiger partial charge in [0.05, 0.1) is 25.3 Å². The van der Waals surface area contributed by atoms with Gasteiger partial charge in [0.2, 0.25) is 5.13 Å². The van der Waals surface area contributed by atoms with E-state index in [9.17, 15) is 4.79 Å². The largest absolute Gasteiger partial charge is 0.465 e. The van der Waals surface area contributed by atoms with Crippen LogP contribution >= 0.6 is 11.3 Å². The van der Waals surface area contributed by atoms with Crippen molar-refractivity contribution in [2.45, 2.75) is 13.3 Å². The number of rotatable bonds is 5. The summed E-state index contributed by atoms with van der Waals surface area (Å²) >= 11 is 1.21. The van der Waals surface area contributed by atoms with Crippen LogP contribution in [0, 0.1) is 0 Å². The second kappa shape index (κ2) is 6.14. The summed E-state index contributed by atoms with van der Waals surface area (Å²) in [6.07, 6.45) is 3.75. The first-order chi connectivity index (χ1) is 9.24. The van der Waals surface area contributed by atoms with E-state index < -0.39 is 0 Å². The van der Waals surface area contributed by atoms with E-state index in [4.69, 9.17) is 9.15 Å². The molecule has 0 amide bonds. The lowest BCUT2D eigenvalue weighted by molar-refractivity contribution is 0.0605. The molecule has 100 valence electrons. The second-order valence-electron chi connectivity index (χ2n) is 3.53. The maximum absolute atomic E-state index is 11.5. The summed E-state index contributed by atoms with van der Waals surface area (Å²) in [5.41, 5.74) is 3.47. The van der Waals surface area contributed by atoms with Gasteiger partial charge in [-0.15, -0.1) is 0 Å². The number of aryl methyl sites for hydroxylation is 1. The average Bonchev–Trinajstić information content (AvgIpc) is 3.07. The van der Waals surface area contributed by atoms with Crippen molar-refractivity contribution in [3.05, 3.63) is 34.7 Å². The number of hydrogen-bond acceptors (Lipinski definition) is 7. The molecule has 0 aliphatic rings. The van der Waals surface area contributed by atoms with Crippen LogP contribution in [0.2, 0.25) is 0 Å². The van der Waals surface area contributed by atoms with Crippen LogP contribution in [0.25, 0.3) is 0 Å². The molecule has 1 N–H and O–H groups in total. The monoisotopic (exact) mass is 279 g/mol. The Kier molecular flexibility index (Phi) is 4.30. The highest BCUT2D eigenvalue weighted by atomic mass is 32.1. The predicted molar refractivity (Wildman–Crippen MR) is 72.8 cm³/mol. The molecule has 0 saturated carbocycles. The van der Waals surface area contributed by atoms with E-state index in [0.717, 1.165) is 0 Å². The average molecular weight is 279 g/mol. The molecule has 0 atom stereocenters. The van der Waals surface area contributed by atoms with Gasteiger partial charge in [0.15, 0.2) is 0 Å². The summed E-state index contributed by atoms with van der Waals surface area (Å²) in [6, 6.07) is 3.56. The summed E-state index contributed by atoms with van der Waals surface area (Å²) in [6.45, 7) is 1.93. The van der Waals surface area contributed by atoms with Crippen LogP contribution < -0.4 is 5.43 Å². The molecule has 19 heavy (non-hydrogen) atoms. The molecule has 2 aromatic rings. The van der Waals surface area contributed by atoms with Crippen LogP contribution in [0.15, 0.2) is 27.9 Å². The van der Waals surface area contributed by atoms with Crippen molar-refractivity contribution in [3.63, 3.8) is 0 Å². The first-order valence-electron chi connectivity index (χ1n) is 5.65. The Hall–Kier alpha value is -2.15. The van der Waals surface area contributed by atoms with Crippen molar-refractivity contribution < 1.29 is 13.9 Å². The molecule has 0 unspecified atom stereocenters. The van der Waals surface area contributed by atoms with Gasteiger partial charge >= 0.3 is 5.97 Å². The summed E-state index contributed by atoms with van der Waals surface area (Å²) < 4.78 is 9.80. The summed E-state index contributed by atoms with van der Waals surface area (Å²) in [7, 11) is 1.35. The molecule has 0 saturated heterocycles. The normalized spacial score (nSPS) is 10.8. The van der Waals surface area contributed by atoms with E-state index >= 15 is 0 Å². The Morgan fingerprint density at radius 2 is 2.53 bits per heavy atom. The van der Waals surface area contributed by atoms with Crippen molar-refractivity contribution in [1.82, 2.24) is 4.98 Å². The van der Waals surface area contributed by atoms with E-state index in [1.807, 2.05) is 6.92 Å². The number of ether oxygens (including phenoxy) is 1. The summed E-state index contributed by atoms with van der Waals surface area (Å²) in [5.74, 6) is 0.255. The Morgan fingerprint density at radius 3 is 3.16 bits per heavy atom. The van der Waals surface area contributed by atoms with Gasteiger partial charge in [0.1, 0.15) is 10.6 Å². The zero-order valence-electron chi connectivity index (χ0n) is 10.5. The zero-order chi connectivity index (χ0) is 13.7. The van der Waals surface area contributed by atoms with E-state index in [2.05, 4.69) is 15.5 Å². The Bertz CT molecular complexity index is 575. The minimum atomic E-state index is -0.377. The number of carbonyl (C=O) groups excluding carboxylic acids is 1. The fraction of sp³-hybridized carbons (Fsp3) is 0.250. The van der Waals surface area contributed by atoms with E-state index in [-0.39, 0.29) is 5.97 Å². The van der Waals surface area contributed by atoms with Gasteiger partial charge in [-0.05, 0) is 18.6 Å². The second-order valence-corrected chi connectivity index (χ2v) is 4.52. The first-order valence-corrected chi connectivity index (χ1v) is 6.46. The third-order valence-corrected chi connectivity index (χ3v) is 3.28. The fourth-order valence-corrected chi connectivity index (χ4v) is 2.33. The molecule has 7 heteroatoms. The highest BCUT2D eigenvalue weighted by molar-refractivity contribution is 7.17. The van der Waals surface area contributed by atoms with Gasteiger partial charge in [0.25, 0.3) is 0 Å². The zero-order valence-corrected chi connectivity index (χ0v) is 11.4. The number of hydrogen-bond donors (Lipinski definition) is 1. The van der Waals surface area contributed by atoms with Crippen molar-refractivity contribution >= 4 is 28.7 Å². The highest BCUT2D eigenvalue weighted by Crippen LogP contribution is 2.24. The number of thiazole rings is 1. The smallest absolute Gasteiger partial charge is 0.350 e. The topological polar surface area (TPSA) is 76.7 Å². The lowest BCUT2D eigenvalue weighted by atomic mass is 10.3. The van der Waals surface area contributed by atoms with E-state index in [1.54, 1.807) is 18.4 Å². The quantitative estimate of drug-likeness (QED) is 0.517. The van der Waals surface area contributed by atoms with Crippen LogP contribution in [-0.4, -0.2) is 24.3 Å². The van der Waals surface area contributed by atoms with Crippen LogP contribution in [-0.2, 0) is 11.2 Å². The molecule has 2 rings (SSSR count). The van der Waals surface area contributed by atoms with Gasteiger partial charge < -0.3 is 9.15 Å². The van der Waals surface area contributed by atoms with Crippen molar-refractivity contribution in [2.24, 2.45) is 5.10 Å². The molecule has 6 nitrogen and oxygen atoms in total. The van der Waals surface area contributed by atoms with Crippen molar-refractivity contribution in [2.75, 3.05) is 12.5 Å². The Labute approximate surface area is 114 Å². The van der Waals surface area contributed by atoms with Crippen LogP contribution in [0.3, 0.4) is 0 Å². The number of aromatic nitrogens is 1. The minimum absolute atomic E-state index is 0.377. The molecule has 2 aromatic heterocycles. The van der Waals surface area contributed by atoms with Gasteiger partial charge in [-0.3, -0.25) is 5.43 Å². The van der Waals surface area contributed by atoms with Gasteiger partial charge in [0, 0.05) is 0 Å². The third kappa shape index (κ3) is 3.19. The third-order valence-electron chi connectivity index (χ3n) is 2.30. The maximum Gasteiger partial charge on any atom is 0.350 e. The first kappa shape index (κ1) is 13.3. The number of carbonyl (C=O) groups is 1. The molecule has 0 spiro atoms. The van der Waals surface area contributed by atoms with Gasteiger partial charge in [-0.1, -0.05) is 18.3 Å². The van der Waals surface area contributed by atoms with Crippen LogP contribution in [0.1, 0.15) is 28.0 Å². The molecule has 0 radical (unpaired) electrons. The van der Waals surface area contributed by atoms with Crippen molar-refractivity contribution in [3.8, 4) is 0 Å². The fourth-order valence-electron chi connectivity index (χ4n) is 1.41. The number of hydrazone groups is 1. The standard InChI is InChI=1S/C12H13N3O3S/c1-3-9-10(11(16)17-2)19-12(14-9)15-13-7-8-5-4-6-18-8/h4-7H,3H2,1-2H3,(H,14,15)/b13-7-. The van der Waals surface area contributed by atoms with E-state index in [0.29, 0.717) is 27.9 Å². The molecule has 0 bridgehead atoms. The molecular formula is C12H13N3O3S. The Morgan fingerprint density at radius 1 is 1.68 bits per heavy atom. The molecule has 2 heterocycles. The van der Waals surface area contributed by atoms with Crippen molar-refractivity contribution in [1.29, 1.82) is 0 Å². The molecular weight excluding hydrogens is 266 g/mol. The summed E-state index contributed by atoms with van der Waals surface area (Å²) in [4.78, 5) is 16.3. The Balaban J connectivity index is 2.09. The number of nitrogens with zero attached hydrogens (tertiary/aromatic N) is 2. The molecule has 0 fully saturated rings. The van der Waals surface area contributed by atoms with E-state index in [1.165, 1.54) is 24.7 Å². The maximum atomic E-state index is 11.5. The number of methoxy groups -OCH3 is 1. The SMILES string of the molecule is CCc1nc(N/N=C\c2ccco2)sc1C(=O)OC. The number of anilines is 1. The number of furan rings is 1. The highest BCUT2D eigenvalue weighted by Gasteiger charge is 2.17. The number of nitrogens with one attached hydrogen (secondary N) is 1. The van der Waals surface area contributed by atoms with Gasteiger partial charge in [-0.2, -0.15) is 5.10 Å². The molecule has 0 aromatic carbocycles. The number of esters is 1. The lowest BCUT2D eigenvalue weighted by Crippen LogP contribution is -2.01. The summed E-state index contributed by atoms with van der Waals surface area (Å²) in [5, 5.41) is 4.53. The minimum Gasteiger partial charge on any atom is -0.465 e. The lowest BCUT2D eigenvalue weighted by Gasteiger charge is -1.95.